The predicted molar refractivity (Wildman–Crippen MR) is 98.9 cm³/mol. The van der Waals surface area contributed by atoms with E-state index in [1.54, 1.807) is 14.2 Å². The predicted octanol–water partition coefficient (Wildman–Crippen LogP) is 2.24. The van der Waals surface area contributed by atoms with Crippen molar-refractivity contribution in [1.29, 1.82) is 0 Å². The number of carbonyl (C=O) groups excluding carboxylic acids is 1. The summed E-state index contributed by atoms with van der Waals surface area (Å²) in [5.74, 6) is 1.45. The maximum absolute atomic E-state index is 11.8. The average Bonchev–Trinajstić information content (AvgIpc) is 2.62. The van der Waals surface area contributed by atoms with Gasteiger partial charge in [0.15, 0.2) is 0 Å². The van der Waals surface area contributed by atoms with Gasteiger partial charge in [0.05, 0.1) is 19.8 Å². The summed E-state index contributed by atoms with van der Waals surface area (Å²) >= 11 is 0. The zero-order valence-electron chi connectivity index (χ0n) is 15.6. The molecule has 0 aliphatic carbocycles. The number of hydrogen-bond donors (Lipinski definition) is 2. The summed E-state index contributed by atoms with van der Waals surface area (Å²) in [7, 11) is 3.32. The third-order valence-electron chi connectivity index (χ3n) is 4.62. The summed E-state index contributed by atoms with van der Waals surface area (Å²) < 4.78 is 10.2. The van der Waals surface area contributed by atoms with E-state index in [4.69, 9.17) is 9.47 Å². The summed E-state index contributed by atoms with van der Waals surface area (Å²) in [4.78, 5) is 14.3. The molecule has 1 fully saturated rings. The number of carbonyl (C=O) groups is 1. The van der Waals surface area contributed by atoms with Gasteiger partial charge in [-0.2, -0.15) is 0 Å². The number of likely N-dealkylation sites (tertiary alicyclic amines) is 1. The van der Waals surface area contributed by atoms with Crippen LogP contribution in [0.15, 0.2) is 24.3 Å². The fourth-order valence-electron chi connectivity index (χ4n) is 3.14. The van der Waals surface area contributed by atoms with Gasteiger partial charge >= 0.3 is 6.03 Å². The van der Waals surface area contributed by atoms with E-state index in [1.165, 1.54) is 5.56 Å². The van der Waals surface area contributed by atoms with Gasteiger partial charge in [-0.25, -0.2) is 4.79 Å². The third-order valence-corrected chi connectivity index (χ3v) is 4.62. The molecule has 2 amide bonds. The molecular weight excluding hydrogens is 318 g/mol. The minimum absolute atomic E-state index is 0.0244. The molecule has 1 heterocycles. The van der Waals surface area contributed by atoms with Crippen LogP contribution in [0.4, 0.5) is 4.79 Å². The van der Waals surface area contributed by atoms with Crippen LogP contribution >= 0.6 is 0 Å². The minimum atomic E-state index is -0.106. The molecule has 0 aromatic heterocycles. The second-order valence-corrected chi connectivity index (χ2v) is 6.78. The molecule has 0 saturated carbocycles. The maximum atomic E-state index is 11.8. The average molecular weight is 349 g/mol. The van der Waals surface area contributed by atoms with Gasteiger partial charge in [0.2, 0.25) is 0 Å². The van der Waals surface area contributed by atoms with Crippen LogP contribution in [-0.4, -0.2) is 57.4 Å². The number of hydrogen-bond acceptors (Lipinski definition) is 4. The highest BCUT2D eigenvalue weighted by molar-refractivity contribution is 5.74. The molecule has 1 aromatic carbocycles. The second-order valence-electron chi connectivity index (χ2n) is 6.78. The van der Waals surface area contributed by atoms with Gasteiger partial charge in [-0.1, -0.05) is 12.1 Å². The maximum Gasteiger partial charge on any atom is 0.315 e. The smallest absolute Gasteiger partial charge is 0.315 e. The van der Waals surface area contributed by atoms with Crippen molar-refractivity contribution >= 4 is 6.03 Å². The molecule has 6 nitrogen and oxygen atoms in total. The van der Waals surface area contributed by atoms with Crippen molar-refractivity contribution in [1.82, 2.24) is 15.5 Å². The fraction of sp³-hybridized carbons (Fsp3) is 0.632. The number of rotatable bonds is 8. The Balaban J connectivity index is 1.64. The van der Waals surface area contributed by atoms with Crippen molar-refractivity contribution in [2.45, 2.75) is 32.4 Å². The van der Waals surface area contributed by atoms with E-state index in [0.29, 0.717) is 12.5 Å². The summed E-state index contributed by atoms with van der Waals surface area (Å²) in [6.07, 6.45) is 2.23. The van der Waals surface area contributed by atoms with Gasteiger partial charge in [-0.3, -0.25) is 4.90 Å². The first kappa shape index (κ1) is 19.5. The van der Waals surface area contributed by atoms with Crippen molar-refractivity contribution in [2.24, 2.45) is 5.92 Å². The number of urea groups is 1. The Bertz CT molecular complexity index is 513. The zero-order valence-corrected chi connectivity index (χ0v) is 15.6. The molecule has 1 atom stereocenters. The number of amides is 2. The third kappa shape index (κ3) is 6.92. The lowest BCUT2D eigenvalue weighted by atomic mass is 9.96. The standard InChI is InChI=1S/C19H31N3O3/c1-15(14-24-2)21-19(23)20-12-16-8-10-22(11-9-16)13-17-4-6-18(25-3)7-5-17/h4-7,15-16H,8-14H2,1-3H3,(H2,20,21,23)/t15-/m0/s1. The lowest BCUT2D eigenvalue weighted by Crippen LogP contribution is -2.45. The molecule has 140 valence electrons. The number of nitrogens with one attached hydrogen (secondary N) is 2. The van der Waals surface area contributed by atoms with Crippen molar-refractivity contribution in [2.75, 3.05) is 40.5 Å². The number of benzene rings is 1. The molecule has 6 heteroatoms. The van der Waals surface area contributed by atoms with Crippen LogP contribution in [0.1, 0.15) is 25.3 Å². The van der Waals surface area contributed by atoms with Gasteiger partial charge in [0.1, 0.15) is 5.75 Å². The highest BCUT2D eigenvalue weighted by atomic mass is 16.5. The highest BCUT2D eigenvalue weighted by Gasteiger charge is 2.20. The number of piperidine rings is 1. The summed E-state index contributed by atoms with van der Waals surface area (Å²) in [6.45, 7) is 6.30. The van der Waals surface area contributed by atoms with Crippen LogP contribution in [-0.2, 0) is 11.3 Å². The number of nitrogens with zero attached hydrogens (tertiary/aromatic N) is 1. The SMILES string of the molecule is COC[C@H](C)NC(=O)NCC1CCN(Cc2ccc(OC)cc2)CC1. The monoisotopic (exact) mass is 349 g/mol. The quantitative estimate of drug-likeness (QED) is 0.756. The Morgan fingerprint density at radius 1 is 1.24 bits per heavy atom. The summed E-state index contributed by atoms with van der Waals surface area (Å²) in [6, 6.07) is 8.18. The molecule has 0 unspecified atom stereocenters. The van der Waals surface area contributed by atoms with Crippen LogP contribution in [0.5, 0.6) is 5.75 Å². The lowest BCUT2D eigenvalue weighted by Gasteiger charge is -2.32. The molecule has 0 spiro atoms. The van der Waals surface area contributed by atoms with Crippen molar-refractivity contribution in [3.8, 4) is 5.75 Å². The molecule has 1 aliphatic rings. The first-order valence-corrected chi connectivity index (χ1v) is 8.99. The highest BCUT2D eigenvalue weighted by Crippen LogP contribution is 2.19. The Kier molecular flexibility index (Phi) is 8.01. The van der Waals surface area contributed by atoms with Crippen LogP contribution in [0, 0.1) is 5.92 Å². The molecule has 0 bridgehead atoms. The molecule has 2 rings (SSSR count). The van der Waals surface area contributed by atoms with Crippen LogP contribution < -0.4 is 15.4 Å². The van der Waals surface area contributed by atoms with E-state index >= 15 is 0 Å². The van der Waals surface area contributed by atoms with Crippen molar-refractivity contribution < 1.29 is 14.3 Å². The summed E-state index contributed by atoms with van der Waals surface area (Å²) in [5, 5.41) is 5.86. The van der Waals surface area contributed by atoms with Crippen molar-refractivity contribution in [3.05, 3.63) is 29.8 Å². The molecule has 0 radical (unpaired) electrons. The van der Waals surface area contributed by atoms with Gasteiger partial charge in [0.25, 0.3) is 0 Å². The first-order valence-electron chi connectivity index (χ1n) is 8.99. The molecule has 25 heavy (non-hydrogen) atoms. The lowest BCUT2D eigenvalue weighted by molar-refractivity contribution is 0.166. The van der Waals surface area contributed by atoms with E-state index in [2.05, 4.69) is 27.7 Å². The normalized spacial score (nSPS) is 17.1. The van der Waals surface area contributed by atoms with E-state index in [9.17, 15) is 4.79 Å². The summed E-state index contributed by atoms with van der Waals surface area (Å²) in [5.41, 5.74) is 1.31. The van der Waals surface area contributed by atoms with E-state index in [-0.39, 0.29) is 12.1 Å². The molecule has 1 aromatic rings. The van der Waals surface area contributed by atoms with Gasteiger partial charge in [-0.05, 0) is 56.5 Å². The Labute approximate surface area is 150 Å². The zero-order chi connectivity index (χ0) is 18.1. The first-order chi connectivity index (χ1) is 12.1. The second kappa shape index (κ2) is 10.3. The van der Waals surface area contributed by atoms with Crippen LogP contribution in [0.2, 0.25) is 0 Å². The molecular formula is C19H31N3O3. The topological polar surface area (TPSA) is 62.8 Å². The largest absolute Gasteiger partial charge is 0.497 e. The van der Waals surface area contributed by atoms with Crippen LogP contribution in [0.3, 0.4) is 0 Å². The van der Waals surface area contributed by atoms with Gasteiger partial charge in [0, 0.05) is 20.2 Å². The fourth-order valence-corrected chi connectivity index (χ4v) is 3.14. The van der Waals surface area contributed by atoms with Crippen molar-refractivity contribution in [3.63, 3.8) is 0 Å². The van der Waals surface area contributed by atoms with E-state index in [0.717, 1.165) is 44.8 Å². The van der Waals surface area contributed by atoms with Gasteiger partial charge in [-0.15, -0.1) is 0 Å². The van der Waals surface area contributed by atoms with Gasteiger partial charge < -0.3 is 20.1 Å². The Morgan fingerprint density at radius 2 is 1.92 bits per heavy atom. The minimum Gasteiger partial charge on any atom is -0.497 e. The number of methoxy groups -OCH3 is 2. The molecule has 1 aliphatic heterocycles. The van der Waals surface area contributed by atoms with E-state index < -0.39 is 0 Å². The van der Waals surface area contributed by atoms with Crippen LogP contribution in [0.25, 0.3) is 0 Å². The number of ether oxygens (including phenoxy) is 2. The van der Waals surface area contributed by atoms with E-state index in [1.807, 2.05) is 19.1 Å². The Morgan fingerprint density at radius 3 is 2.52 bits per heavy atom. The molecule has 1 saturated heterocycles. The molecule has 2 N–H and O–H groups in total. The Hall–Kier alpha value is -1.79.